The van der Waals surface area contributed by atoms with Gasteiger partial charge in [-0.15, -0.1) is 0 Å². The molecule has 0 radical (unpaired) electrons. The third-order valence-corrected chi connectivity index (χ3v) is 6.74. The fourth-order valence-electron chi connectivity index (χ4n) is 4.30. The highest BCUT2D eigenvalue weighted by molar-refractivity contribution is 9.10. The van der Waals surface area contributed by atoms with E-state index in [1.807, 2.05) is 30.3 Å². The Kier molecular flexibility index (Phi) is 6.76. The van der Waals surface area contributed by atoms with Crippen molar-refractivity contribution in [3.8, 4) is 0 Å². The molecule has 0 aliphatic heterocycles. The third kappa shape index (κ3) is 5.18. The summed E-state index contributed by atoms with van der Waals surface area (Å²) in [6.07, 6.45) is 4.37. The lowest BCUT2D eigenvalue weighted by molar-refractivity contribution is 0.0942. The van der Waals surface area contributed by atoms with E-state index in [-0.39, 0.29) is 5.91 Å². The van der Waals surface area contributed by atoms with Gasteiger partial charge >= 0.3 is 0 Å². The monoisotopic (exact) mass is 480 g/mol. The number of anilines is 2. The van der Waals surface area contributed by atoms with Crippen LogP contribution in [-0.2, 0) is 0 Å². The Morgan fingerprint density at radius 3 is 2.52 bits per heavy atom. The van der Waals surface area contributed by atoms with Gasteiger partial charge in [-0.2, -0.15) is 0 Å². The van der Waals surface area contributed by atoms with E-state index in [0.717, 1.165) is 48.0 Å². The van der Waals surface area contributed by atoms with E-state index in [2.05, 4.69) is 69.8 Å². The van der Waals surface area contributed by atoms with Crippen molar-refractivity contribution in [3.05, 3.63) is 64.6 Å². The summed E-state index contributed by atoms with van der Waals surface area (Å²) in [5, 5.41) is 7.93. The summed E-state index contributed by atoms with van der Waals surface area (Å²) in [6, 6.07) is 18.4. The summed E-state index contributed by atoms with van der Waals surface area (Å²) in [5.41, 5.74) is 2.88. The van der Waals surface area contributed by atoms with Crippen LogP contribution in [0, 0.1) is 5.92 Å². The molecule has 2 aromatic carbocycles. The average molecular weight is 481 g/mol. The Morgan fingerprint density at radius 1 is 1.06 bits per heavy atom. The number of rotatable bonds is 6. The maximum absolute atomic E-state index is 12.4. The van der Waals surface area contributed by atoms with Crippen LogP contribution in [0.2, 0.25) is 0 Å². The first kappa shape index (κ1) is 21.6. The molecule has 1 saturated carbocycles. The minimum absolute atomic E-state index is 0.00991. The van der Waals surface area contributed by atoms with E-state index < -0.39 is 0 Å². The van der Waals surface area contributed by atoms with Crippen LogP contribution in [0.15, 0.2) is 59.1 Å². The van der Waals surface area contributed by atoms with Gasteiger partial charge in [-0.05, 0) is 65.7 Å². The van der Waals surface area contributed by atoms with Crippen LogP contribution in [-0.4, -0.2) is 37.6 Å². The summed E-state index contributed by atoms with van der Waals surface area (Å²) >= 11 is 3.45. The Balaban J connectivity index is 1.32. The van der Waals surface area contributed by atoms with E-state index in [0.29, 0.717) is 17.5 Å². The average Bonchev–Trinajstić information content (AvgIpc) is 2.78. The van der Waals surface area contributed by atoms with Crippen LogP contribution in [0.1, 0.15) is 36.0 Å². The lowest BCUT2D eigenvalue weighted by Crippen LogP contribution is -2.34. The smallest absolute Gasteiger partial charge is 0.252 e. The molecule has 0 spiro atoms. The molecule has 0 unspecified atom stereocenters. The van der Waals surface area contributed by atoms with Gasteiger partial charge in [0.15, 0.2) is 0 Å². The van der Waals surface area contributed by atoms with E-state index in [9.17, 15) is 4.79 Å². The summed E-state index contributed by atoms with van der Waals surface area (Å²) in [7, 11) is 4.14. The number of amides is 1. The quantitative estimate of drug-likeness (QED) is 0.491. The number of carbonyl (C=O) groups excluding carboxylic acids is 1. The van der Waals surface area contributed by atoms with Crippen molar-refractivity contribution in [2.24, 2.45) is 5.92 Å². The fourth-order valence-corrected chi connectivity index (χ4v) is 4.76. The molecule has 1 fully saturated rings. The number of nitrogens with one attached hydrogen (secondary N) is 2. The van der Waals surface area contributed by atoms with Gasteiger partial charge in [-0.25, -0.2) is 4.98 Å². The van der Waals surface area contributed by atoms with Crippen LogP contribution in [0.3, 0.4) is 0 Å². The number of halogens is 1. The molecule has 0 bridgehead atoms. The summed E-state index contributed by atoms with van der Waals surface area (Å²) in [6.45, 7) is 0.728. The fraction of sp³-hybridized carbons (Fsp3) is 0.360. The molecule has 6 heteroatoms. The van der Waals surface area contributed by atoms with Crippen molar-refractivity contribution in [1.82, 2.24) is 10.3 Å². The minimum Gasteiger partial charge on any atom is -0.377 e. The van der Waals surface area contributed by atoms with Gasteiger partial charge in [0, 0.05) is 48.3 Å². The molecule has 1 amide bonds. The maximum Gasteiger partial charge on any atom is 0.252 e. The van der Waals surface area contributed by atoms with Crippen LogP contribution >= 0.6 is 15.9 Å². The molecular formula is C25H29BrN4O. The first-order valence-electron chi connectivity index (χ1n) is 10.9. The molecule has 1 aliphatic carbocycles. The molecule has 1 aromatic heterocycles. The molecule has 0 saturated heterocycles. The number of hydrogen-bond acceptors (Lipinski definition) is 4. The van der Waals surface area contributed by atoms with Crippen molar-refractivity contribution >= 4 is 44.2 Å². The van der Waals surface area contributed by atoms with Crippen molar-refractivity contribution in [3.63, 3.8) is 0 Å². The number of carbonyl (C=O) groups is 1. The number of nitrogens with zero attached hydrogens (tertiary/aromatic N) is 2. The lowest BCUT2D eigenvalue weighted by atomic mass is 9.86. The summed E-state index contributed by atoms with van der Waals surface area (Å²) in [4.78, 5) is 19.4. The zero-order valence-electron chi connectivity index (χ0n) is 18.1. The Hall–Kier alpha value is -2.60. The molecule has 0 atom stereocenters. The molecule has 162 valence electrons. The molecule has 2 N–H and O–H groups in total. The summed E-state index contributed by atoms with van der Waals surface area (Å²) in [5.74, 6) is 1.45. The predicted molar refractivity (Wildman–Crippen MR) is 132 cm³/mol. The maximum atomic E-state index is 12.4. The normalized spacial score (nSPS) is 18.5. The molecular weight excluding hydrogens is 452 g/mol. The minimum atomic E-state index is -0.00991. The largest absolute Gasteiger partial charge is 0.377 e. The highest BCUT2D eigenvalue weighted by Gasteiger charge is 2.22. The predicted octanol–water partition coefficient (Wildman–Crippen LogP) is 5.46. The third-order valence-electron chi connectivity index (χ3n) is 6.04. The van der Waals surface area contributed by atoms with Gasteiger partial charge in [0.1, 0.15) is 5.82 Å². The second kappa shape index (κ2) is 9.69. The number of pyridine rings is 1. The highest BCUT2D eigenvalue weighted by atomic mass is 79.9. The second-order valence-electron chi connectivity index (χ2n) is 8.49. The Labute approximate surface area is 192 Å². The van der Waals surface area contributed by atoms with E-state index in [4.69, 9.17) is 4.98 Å². The topological polar surface area (TPSA) is 57.3 Å². The molecule has 1 heterocycles. The standard InChI is InChI=1S/C25H29BrN4O/c1-30(2)23-15-24(29-22-10-6-4-8-20(22)23)28-18-13-11-17(12-14-18)16-27-25(31)19-7-3-5-9-21(19)26/h3-10,15,17-18H,11-14,16H2,1-2H3,(H,27,31)(H,28,29)/t17-,18+. The molecule has 31 heavy (non-hydrogen) atoms. The second-order valence-corrected chi connectivity index (χ2v) is 9.34. The van der Waals surface area contributed by atoms with Gasteiger partial charge in [0.05, 0.1) is 11.1 Å². The van der Waals surface area contributed by atoms with Crippen LogP contribution < -0.4 is 15.5 Å². The van der Waals surface area contributed by atoms with Crippen molar-refractivity contribution < 1.29 is 4.79 Å². The Bertz CT molecular complexity index is 1060. The SMILES string of the molecule is CN(C)c1cc(N[C@H]2CC[C@@H](CNC(=O)c3ccccc3Br)CC2)nc2ccccc12. The van der Waals surface area contributed by atoms with Crippen molar-refractivity contribution in [2.75, 3.05) is 30.9 Å². The first-order valence-corrected chi connectivity index (χ1v) is 11.7. The summed E-state index contributed by atoms with van der Waals surface area (Å²) < 4.78 is 0.834. The van der Waals surface area contributed by atoms with Gasteiger partial charge < -0.3 is 15.5 Å². The zero-order valence-corrected chi connectivity index (χ0v) is 19.7. The van der Waals surface area contributed by atoms with E-state index >= 15 is 0 Å². The molecule has 4 rings (SSSR count). The lowest BCUT2D eigenvalue weighted by Gasteiger charge is -2.30. The van der Waals surface area contributed by atoms with Crippen LogP contribution in [0.4, 0.5) is 11.5 Å². The Morgan fingerprint density at radius 2 is 1.77 bits per heavy atom. The van der Waals surface area contributed by atoms with Gasteiger partial charge in [-0.3, -0.25) is 4.79 Å². The number of benzene rings is 2. The number of hydrogen-bond donors (Lipinski definition) is 2. The number of aromatic nitrogens is 1. The van der Waals surface area contributed by atoms with Gasteiger partial charge in [-0.1, -0.05) is 30.3 Å². The van der Waals surface area contributed by atoms with E-state index in [1.165, 1.54) is 11.1 Å². The van der Waals surface area contributed by atoms with E-state index in [1.54, 1.807) is 0 Å². The zero-order chi connectivity index (χ0) is 21.8. The molecule has 5 nitrogen and oxygen atoms in total. The molecule has 1 aliphatic rings. The molecule has 3 aromatic rings. The van der Waals surface area contributed by atoms with Gasteiger partial charge in [0.2, 0.25) is 0 Å². The highest BCUT2D eigenvalue weighted by Crippen LogP contribution is 2.30. The van der Waals surface area contributed by atoms with Crippen molar-refractivity contribution in [2.45, 2.75) is 31.7 Å². The van der Waals surface area contributed by atoms with Crippen molar-refractivity contribution in [1.29, 1.82) is 0 Å². The van der Waals surface area contributed by atoms with Crippen LogP contribution in [0.25, 0.3) is 10.9 Å². The van der Waals surface area contributed by atoms with Gasteiger partial charge in [0.25, 0.3) is 5.91 Å². The number of fused-ring (bicyclic) bond motifs is 1. The first-order chi connectivity index (χ1) is 15.0. The number of para-hydroxylation sites is 1. The van der Waals surface area contributed by atoms with Crippen LogP contribution in [0.5, 0.6) is 0 Å².